The maximum absolute atomic E-state index is 3.49. The van der Waals surface area contributed by atoms with Crippen molar-refractivity contribution < 1.29 is 0 Å². The summed E-state index contributed by atoms with van der Waals surface area (Å²) in [7, 11) is 2.11. The molecule has 1 aliphatic rings. The van der Waals surface area contributed by atoms with Crippen molar-refractivity contribution in [2.24, 2.45) is 0 Å². The lowest BCUT2D eigenvalue weighted by atomic mass is 10.1. The molecule has 0 unspecified atom stereocenters. The number of nitrogens with zero attached hydrogens (tertiary/aromatic N) is 1. The van der Waals surface area contributed by atoms with E-state index in [1.807, 2.05) is 0 Å². The molecular formula is C17H13Br2NS. The minimum Gasteiger partial charge on any atom is -0.343 e. The zero-order chi connectivity index (χ0) is 14.8. The van der Waals surface area contributed by atoms with Crippen molar-refractivity contribution in [3.05, 3.63) is 79.4 Å². The highest BCUT2D eigenvalue weighted by Gasteiger charge is 2.17. The molecule has 3 rings (SSSR count). The molecule has 0 saturated carbocycles. The lowest BCUT2D eigenvalue weighted by molar-refractivity contribution is 0.685. The van der Waals surface area contributed by atoms with Crippen molar-refractivity contribution in [1.82, 2.24) is 4.90 Å². The van der Waals surface area contributed by atoms with Crippen LogP contribution in [0.3, 0.4) is 0 Å². The number of benzene rings is 2. The summed E-state index contributed by atoms with van der Waals surface area (Å²) in [5.74, 6) is 0. The van der Waals surface area contributed by atoms with Gasteiger partial charge in [0.25, 0.3) is 0 Å². The van der Waals surface area contributed by atoms with Crippen molar-refractivity contribution in [1.29, 1.82) is 0 Å². The van der Waals surface area contributed by atoms with Gasteiger partial charge >= 0.3 is 0 Å². The van der Waals surface area contributed by atoms with Gasteiger partial charge in [0.2, 0.25) is 0 Å². The standard InChI is InChI=1S/C17H13Br2NS/c1-20-16(12-2-6-14(18)7-3-12)10-21-11-17(20)13-4-8-15(19)9-5-13/h2-11H,1H3. The predicted octanol–water partition coefficient (Wildman–Crippen LogP) is 6.19. The molecular weight excluding hydrogens is 410 g/mol. The third-order valence-electron chi connectivity index (χ3n) is 3.36. The van der Waals surface area contributed by atoms with Crippen LogP contribution < -0.4 is 0 Å². The molecule has 0 saturated heterocycles. The van der Waals surface area contributed by atoms with Gasteiger partial charge in [-0.3, -0.25) is 0 Å². The molecule has 0 aromatic heterocycles. The van der Waals surface area contributed by atoms with Crippen molar-refractivity contribution >= 4 is 55.0 Å². The largest absolute Gasteiger partial charge is 0.343 e. The van der Waals surface area contributed by atoms with Crippen LogP contribution in [-0.4, -0.2) is 11.9 Å². The molecule has 4 heteroatoms. The Labute approximate surface area is 146 Å². The first-order valence-electron chi connectivity index (χ1n) is 6.46. The van der Waals surface area contributed by atoms with Crippen LogP contribution in [0.25, 0.3) is 11.4 Å². The van der Waals surface area contributed by atoms with Crippen LogP contribution >= 0.6 is 43.6 Å². The minimum absolute atomic E-state index is 1.10. The molecule has 0 amide bonds. The third-order valence-corrected chi connectivity index (χ3v) is 5.14. The Morgan fingerprint density at radius 3 is 1.48 bits per heavy atom. The number of halogens is 2. The van der Waals surface area contributed by atoms with E-state index in [2.05, 4.69) is 103 Å². The van der Waals surface area contributed by atoms with Gasteiger partial charge in [-0.25, -0.2) is 0 Å². The lowest BCUT2D eigenvalue weighted by Gasteiger charge is -2.28. The summed E-state index contributed by atoms with van der Waals surface area (Å²) >= 11 is 8.70. The summed E-state index contributed by atoms with van der Waals surface area (Å²) in [6.07, 6.45) is 0. The Morgan fingerprint density at radius 1 is 0.714 bits per heavy atom. The maximum Gasteiger partial charge on any atom is 0.0549 e. The highest BCUT2D eigenvalue weighted by molar-refractivity contribution is 9.10. The van der Waals surface area contributed by atoms with Crippen molar-refractivity contribution in [3.63, 3.8) is 0 Å². The molecule has 0 radical (unpaired) electrons. The lowest BCUT2D eigenvalue weighted by Crippen LogP contribution is -2.16. The van der Waals surface area contributed by atoms with E-state index in [0.717, 1.165) is 8.95 Å². The van der Waals surface area contributed by atoms with E-state index < -0.39 is 0 Å². The normalized spacial score (nSPS) is 14.7. The second-order valence-electron chi connectivity index (χ2n) is 4.72. The molecule has 1 heterocycles. The van der Waals surface area contributed by atoms with Gasteiger partial charge in [-0.15, -0.1) is 11.8 Å². The summed E-state index contributed by atoms with van der Waals surface area (Å²) in [6.45, 7) is 0. The van der Waals surface area contributed by atoms with Crippen LogP contribution in [0.2, 0.25) is 0 Å². The van der Waals surface area contributed by atoms with Gasteiger partial charge in [-0.2, -0.15) is 0 Å². The summed E-state index contributed by atoms with van der Waals surface area (Å²) < 4.78 is 2.20. The van der Waals surface area contributed by atoms with E-state index in [9.17, 15) is 0 Å². The third kappa shape index (κ3) is 3.28. The predicted molar refractivity (Wildman–Crippen MR) is 99.6 cm³/mol. The van der Waals surface area contributed by atoms with Gasteiger partial charge in [-0.05, 0) is 46.2 Å². The molecule has 21 heavy (non-hydrogen) atoms. The van der Waals surface area contributed by atoms with E-state index in [1.165, 1.54) is 22.5 Å². The highest BCUT2D eigenvalue weighted by Crippen LogP contribution is 2.36. The van der Waals surface area contributed by atoms with E-state index in [1.54, 1.807) is 11.8 Å². The van der Waals surface area contributed by atoms with Gasteiger partial charge in [0.1, 0.15) is 0 Å². The highest BCUT2D eigenvalue weighted by atomic mass is 79.9. The summed E-state index contributed by atoms with van der Waals surface area (Å²) in [5.41, 5.74) is 4.87. The molecule has 106 valence electrons. The molecule has 2 aromatic carbocycles. The van der Waals surface area contributed by atoms with Crippen LogP contribution in [0, 0.1) is 0 Å². The quantitative estimate of drug-likeness (QED) is 0.567. The molecule has 0 spiro atoms. The van der Waals surface area contributed by atoms with Gasteiger partial charge in [-0.1, -0.05) is 56.1 Å². The van der Waals surface area contributed by atoms with Gasteiger partial charge in [0.05, 0.1) is 11.4 Å². The fourth-order valence-corrected chi connectivity index (χ4v) is 3.66. The second-order valence-corrected chi connectivity index (χ2v) is 7.29. The monoisotopic (exact) mass is 421 g/mol. The van der Waals surface area contributed by atoms with Crippen molar-refractivity contribution in [2.45, 2.75) is 0 Å². The SMILES string of the molecule is CN1C(c2ccc(Br)cc2)=CSC=C1c1ccc(Br)cc1. The van der Waals surface area contributed by atoms with Crippen molar-refractivity contribution in [2.75, 3.05) is 7.05 Å². The van der Waals surface area contributed by atoms with Crippen molar-refractivity contribution in [3.8, 4) is 0 Å². The average Bonchev–Trinajstić information content (AvgIpc) is 2.50. The van der Waals surface area contributed by atoms with Crippen LogP contribution in [0.15, 0.2) is 68.3 Å². The summed E-state index contributed by atoms with van der Waals surface area (Å²) in [5, 5.41) is 4.37. The molecule has 0 aliphatic carbocycles. The zero-order valence-electron chi connectivity index (χ0n) is 11.4. The molecule has 0 fully saturated rings. The smallest absolute Gasteiger partial charge is 0.0549 e. The molecule has 0 bridgehead atoms. The summed E-state index contributed by atoms with van der Waals surface area (Å²) in [4.78, 5) is 2.24. The molecule has 1 nitrogen and oxygen atoms in total. The van der Waals surface area contributed by atoms with Gasteiger partial charge in [0.15, 0.2) is 0 Å². The Hall–Kier alpha value is -0.970. The van der Waals surface area contributed by atoms with Crippen LogP contribution in [0.5, 0.6) is 0 Å². The van der Waals surface area contributed by atoms with Gasteiger partial charge in [0, 0.05) is 16.0 Å². The van der Waals surface area contributed by atoms with Crippen LogP contribution in [0.4, 0.5) is 0 Å². The fourth-order valence-electron chi connectivity index (χ4n) is 2.22. The Balaban J connectivity index is 1.91. The van der Waals surface area contributed by atoms with Crippen LogP contribution in [0.1, 0.15) is 11.1 Å². The average molecular weight is 423 g/mol. The molecule has 1 aliphatic heterocycles. The summed E-state index contributed by atoms with van der Waals surface area (Å²) in [6, 6.07) is 16.8. The van der Waals surface area contributed by atoms with E-state index in [4.69, 9.17) is 0 Å². The minimum atomic E-state index is 1.10. The van der Waals surface area contributed by atoms with E-state index in [-0.39, 0.29) is 0 Å². The number of hydrogen-bond donors (Lipinski definition) is 0. The van der Waals surface area contributed by atoms with E-state index in [0.29, 0.717) is 0 Å². The van der Waals surface area contributed by atoms with E-state index >= 15 is 0 Å². The molecule has 0 N–H and O–H groups in total. The number of rotatable bonds is 2. The maximum atomic E-state index is 3.49. The van der Waals surface area contributed by atoms with Crippen LogP contribution in [-0.2, 0) is 0 Å². The second kappa shape index (κ2) is 6.42. The Bertz CT molecular complexity index is 641. The first kappa shape index (κ1) is 14.9. The topological polar surface area (TPSA) is 3.24 Å². The zero-order valence-corrected chi connectivity index (χ0v) is 15.4. The molecule has 2 aromatic rings. The Morgan fingerprint density at radius 2 is 1.10 bits per heavy atom. The van der Waals surface area contributed by atoms with Gasteiger partial charge < -0.3 is 4.90 Å². The number of hydrogen-bond acceptors (Lipinski definition) is 2. The first-order valence-corrected chi connectivity index (χ1v) is 8.99. The molecule has 0 atom stereocenters. The fraction of sp³-hybridized carbons (Fsp3) is 0.0588. The Kier molecular flexibility index (Phi) is 4.57. The first-order chi connectivity index (χ1) is 10.1. The number of thioether (sulfide) groups is 1.